The van der Waals surface area contributed by atoms with E-state index in [1.54, 1.807) is 19.1 Å². The summed E-state index contributed by atoms with van der Waals surface area (Å²) in [5.74, 6) is 1.22. The third kappa shape index (κ3) is 5.11. The lowest BCUT2D eigenvalue weighted by Gasteiger charge is -2.43. The predicted molar refractivity (Wildman–Crippen MR) is 129 cm³/mol. The Morgan fingerprint density at radius 2 is 1.88 bits per heavy atom. The van der Waals surface area contributed by atoms with Crippen molar-refractivity contribution in [3.8, 4) is 11.5 Å². The summed E-state index contributed by atoms with van der Waals surface area (Å²) in [5, 5.41) is 6.77. The van der Waals surface area contributed by atoms with Crippen molar-refractivity contribution in [3.05, 3.63) is 59.7 Å². The van der Waals surface area contributed by atoms with Crippen LogP contribution >= 0.6 is 12.2 Å². The maximum absolute atomic E-state index is 13.3. The smallest absolute Gasteiger partial charge is 0.234 e. The van der Waals surface area contributed by atoms with E-state index in [2.05, 4.69) is 10.6 Å². The van der Waals surface area contributed by atoms with E-state index in [-0.39, 0.29) is 29.7 Å². The van der Waals surface area contributed by atoms with E-state index < -0.39 is 0 Å². The highest BCUT2D eigenvalue weighted by Crippen LogP contribution is 2.34. The number of thiocarbonyl (C=S) groups is 1. The van der Waals surface area contributed by atoms with Gasteiger partial charge < -0.3 is 20.1 Å². The summed E-state index contributed by atoms with van der Waals surface area (Å²) in [6, 6.07) is 15.1. The van der Waals surface area contributed by atoms with Crippen LogP contribution in [0.15, 0.2) is 48.5 Å². The van der Waals surface area contributed by atoms with Gasteiger partial charge in [-0.25, -0.2) is 0 Å². The van der Waals surface area contributed by atoms with E-state index in [4.69, 9.17) is 21.7 Å². The summed E-state index contributed by atoms with van der Waals surface area (Å²) in [4.78, 5) is 27.7. The monoisotopic (exact) mass is 467 g/mol. The Labute approximate surface area is 199 Å². The van der Waals surface area contributed by atoms with Crippen LogP contribution in [0.4, 0.5) is 0 Å². The molecule has 2 amide bonds. The molecule has 33 heavy (non-hydrogen) atoms. The van der Waals surface area contributed by atoms with E-state index in [9.17, 15) is 9.59 Å². The van der Waals surface area contributed by atoms with Crippen molar-refractivity contribution in [3.63, 3.8) is 0 Å². The molecule has 3 atom stereocenters. The predicted octanol–water partition coefficient (Wildman–Crippen LogP) is 3.02. The SMILES string of the molecule is COc1ccc(CNC(=O)C2CCC3C(=O)N(Cc4ccccc4OC)C(=S)NC3C2)cc1. The minimum atomic E-state index is -0.183. The van der Waals surface area contributed by atoms with Gasteiger partial charge in [0.1, 0.15) is 11.5 Å². The van der Waals surface area contributed by atoms with E-state index in [0.717, 1.165) is 22.6 Å². The second-order valence-corrected chi connectivity index (χ2v) is 8.86. The Morgan fingerprint density at radius 1 is 1.12 bits per heavy atom. The maximum Gasteiger partial charge on any atom is 0.234 e. The van der Waals surface area contributed by atoms with Crippen molar-refractivity contribution in [1.29, 1.82) is 0 Å². The van der Waals surface area contributed by atoms with Crippen LogP contribution in [-0.2, 0) is 22.7 Å². The molecule has 2 aromatic rings. The highest BCUT2D eigenvalue weighted by atomic mass is 32.1. The lowest BCUT2D eigenvalue weighted by Crippen LogP contribution is -2.61. The molecule has 2 aliphatic rings. The third-order valence-electron chi connectivity index (χ3n) is 6.51. The van der Waals surface area contributed by atoms with Crippen LogP contribution in [0.25, 0.3) is 0 Å². The Morgan fingerprint density at radius 3 is 2.61 bits per heavy atom. The molecule has 2 N–H and O–H groups in total. The molecule has 8 heteroatoms. The van der Waals surface area contributed by atoms with Gasteiger partial charge in [-0.05, 0) is 55.2 Å². The number of methoxy groups -OCH3 is 2. The molecule has 3 unspecified atom stereocenters. The zero-order valence-electron chi connectivity index (χ0n) is 18.9. The molecule has 1 saturated heterocycles. The Balaban J connectivity index is 1.35. The molecular weight excluding hydrogens is 438 g/mol. The largest absolute Gasteiger partial charge is 0.497 e. The number of carbonyl (C=O) groups excluding carboxylic acids is 2. The summed E-state index contributed by atoms with van der Waals surface area (Å²) in [7, 11) is 3.24. The van der Waals surface area contributed by atoms with Crippen LogP contribution in [0.1, 0.15) is 30.4 Å². The van der Waals surface area contributed by atoms with Crippen molar-refractivity contribution in [2.45, 2.75) is 38.4 Å². The average molecular weight is 468 g/mol. The quantitative estimate of drug-likeness (QED) is 0.610. The summed E-state index contributed by atoms with van der Waals surface area (Å²) in [5.41, 5.74) is 1.92. The van der Waals surface area contributed by atoms with Gasteiger partial charge in [0.15, 0.2) is 5.11 Å². The highest BCUT2D eigenvalue weighted by Gasteiger charge is 2.44. The first kappa shape index (κ1) is 23.0. The number of hydrogen-bond acceptors (Lipinski definition) is 5. The number of ether oxygens (including phenoxy) is 2. The van der Waals surface area contributed by atoms with Gasteiger partial charge >= 0.3 is 0 Å². The molecular formula is C25H29N3O4S. The lowest BCUT2D eigenvalue weighted by atomic mass is 9.76. The van der Waals surface area contributed by atoms with Gasteiger partial charge in [-0.15, -0.1) is 0 Å². The second kappa shape index (κ2) is 10.2. The third-order valence-corrected chi connectivity index (χ3v) is 6.84. The molecule has 0 radical (unpaired) electrons. The van der Waals surface area contributed by atoms with Crippen molar-refractivity contribution in [2.75, 3.05) is 14.2 Å². The topological polar surface area (TPSA) is 79.9 Å². The Hall–Kier alpha value is -3.13. The molecule has 0 aromatic heterocycles. The van der Waals surface area contributed by atoms with Crippen molar-refractivity contribution < 1.29 is 19.1 Å². The van der Waals surface area contributed by atoms with Gasteiger partial charge in [0.05, 0.1) is 26.7 Å². The first-order valence-corrected chi connectivity index (χ1v) is 11.6. The number of para-hydroxylation sites is 1. The fourth-order valence-corrected chi connectivity index (χ4v) is 4.94. The molecule has 7 nitrogen and oxygen atoms in total. The van der Waals surface area contributed by atoms with Gasteiger partial charge in [-0.3, -0.25) is 14.5 Å². The molecule has 0 spiro atoms. The second-order valence-electron chi connectivity index (χ2n) is 8.47. The molecule has 0 bridgehead atoms. The molecule has 4 rings (SSSR count). The van der Waals surface area contributed by atoms with Crippen LogP contribution in [0.5, 0.6) is 11.5 Å². The first-order valence-electron chi connectivity index (χ1n) is 11.1. The van der Waals surface area contributed by atoms with Crippen LogP contribution in [0.2, 0.25) is 0 Å². The molecule has 1 saturated carbocycles. The standard InChI is InChI=1S/C25H29N3O4S/c1-31-19-10-7-16(8-11-19)14-26-23(29)17-9-12-20-21(13-17)27-25(33)28(24(20)30)15-18-5-3-4-6-22(18)32-2/h3-8,10-11,17,20-21H,9,12-15H2,1-2H3,(H,26,29)(H,27,33). The molecule has 1 heterocycles. The number of fused-ring (bicyclic) bond motifs is 1. The molecule has 2 fully saturated rings. The van der Waals surface area contributed by atoms with Crippen LogP contribution in [0.3, 0.4) is 0 Å². The molecule has 1 aliphatic heterocycles. The number of amides is 2. The van der Waals surface area contributed by atoms with E-state index >= 15 is 0 Å². The molecule has 1 aliphatic carbocycles. The summed E-state index contributed by atoms with van der Waals surface area (Å²) in [6.45, 7) is 0.828. The summed E-state index contributed by atoms with van der Waals surface area (Å²) < 4.78 is 10.6. The maximum atomic E-state index is 13.3. The minimum absolute atomic E-state index is 0.0147. The zero-order valence-corrected chi connectivity index (χ0v) is 19.7. The first-order chi connectivity index (χ1) is 16.0. The zero-order chi connectivity index (χ0) is 23.4. The van der Waals surface area contributed by atoms with Crippen LogP contribution in [-0.4, -0.2) is 42.1 Å². The normalized spacial score (nSPS) is 22.2. The fourth-order valence-electron chi connectivity index (χ4n) is 4.63. The highest BCUT2D eigenvalue weighted by molar-refractivity contribution is 7.80. The van der Waals surface area contributed by atoms with Crippen molar-refractivity contribution in [2.24, 2.45) is 11.8 Å². The molecule has 174 valence electrons. The number of nitrogens with one attached hydrogen (secondary N) is 2. The van der Waals surface area contributed by atoms with Gasteiger partial charge in [-0.1, -0.05) is 30.3 Å². The van der Waals surface area contributed by atoms with Gasteiger partial charge in [0.2, 0.25) is 11.8 Å². The molecule has 2 aromatic carbocycles. The van der Waals surface area contributed by atoms with Crippen LogP contribution in [0, 0.1) is 11.8 Å². The minimum Gasteiger partial charge on any atom is -0.497 e. The fraction of sp³-hybridized carbons (Fsp3) is 0.400. The van der Waals surface area contributed by atoms with Gasteiger partial charge in [-0.2, -0.15) is 0 Å². The van der Waals surface area contributed by atoms with Crippen molar-refractivity contribution >= 4 is 29.1 Å². The van der Waals surface area contributed by atoms with Crippen LogP contribution < -0.4 is 20.1 Å². The Bertz CT molecular complexity index is 1030. The number of nitrogens with zero attached hydrogens (tertiary/aromatic N) is 1. The van der Waals surface area contributed by atoms with E-state index in [1.807, 2.05) is 48.5 Å². The van der Waals surface area contributed by atoms with Gasteiger partial charge in [0.25, 0.3) is 0 Å². The average Bonchev–Trinajstić information content (AvgIpc) is 2.85. The number of carbonyl (C=O) groups is 2. The summed E-state index contributed by atoms with van der Waals surface area (Å²) >= 11 is 5.53. The number of rotatable bonds is 7. The number of benzene rings is 2. The Kier molecular flexibility index (Phi) is 7.13. The van der Waals surface area contributed by atoms with E-state index in [1.165, 1.54) is 0 Å². The van der Waals surface area contributed by atoms with Gasteiger partial charge in [0, 0.05) is 24.1 Å². The van der Waals surface area contributed by atoms with Crippen molar-refractivity contribution in [1.82, 2.24) is 15.5 Å². The lowest BCUT2D eigenvalue weighted by molar-refractivity contribution is -0.138. The summed E-state index contributed by atoms with van der Waals surface area (Å²) in [6.07, 6.45) is 1.92. The number of hydrogen-bond donors (Lipinski definition) is 2. The van der Waals surface area contributed by atoms with E-state index in [0.29, 0.717) is 37.5 Å².